The minimum Gasteiger partial charge on any atom is -0.478 e. The number of nitrogens with zero attached hydrogens (tertiary/aromatic N) is 4. The average Bonchev–Trinajstić information content (AvgIpc) is 3.27. The van der Waals surface area contributed by atoms with Crippen molar-refractivity contribution in [2.45, 2.75) is 0 Å². The highest BCUT2D eigenvalue weighted by molar-refractivity contribution is 6.39. The van der Waals surface area contributed by atoms with Crippen LogP contribution >= 0.6 is 0 Å². The molecule has 12 heteroatoms. The topological polar surface area (TPSA) is 182 Å². The summed E-state index contributed by atoms with van der Waals surface area (Å²) in [4.78, 5) is 53.5. The van der Waals surface area contributed by atoms with Gasteiger partial charge in [-0.2, -0.15) is 20.5 Å². The molecule has 0 unspecified atom stereocenters. The second-order valence-corrected chi connectivity index (χ2v) is 13.8. The van der Waals surface area contributed by atoms with Crippen LogP contribution in [0, 0.1) is 0 Å². The number of carboxylic acid groups (broad SMARTS) is 2. The van der Waals surface area contributed by atoms with Gasteiger partial charge in [-0.3, -0.25) is 9.59 Å². The van der Waals surface area contributed by atoms with Gasteiger partial charge in [-0.25, -0.2) is 9.59 Å². The summed E-state index contributed by atoms with van der Waals surface area (Å²) in [5.41, 5.74) is 3.61. The molecular formula is C48H30N6O6. The second kappa shape index (κ2) is 15.4. The van der Waals surface area contributed by atoms with E-state index in [0.717, 1.165) is 0 Å². The molecule has 9 rings (SSSR count). The summed E-state index contributed by atoms with van der Waals surface area (Å²) < 4.78 is 0. The van der Waals surface area contributed by atoms with Crippen LogP contribution in [0.2, 0.25) is 0 Å². The number of benzene rings is 9. The standard InChI is InChI=1S/C48H30N6O6/c55-45(49-27-11-15-31(16-12-27)53-51-29-7-3-1-4-8-29)37-23-19-33-35-21-25-39(47(57)58)44-40(48(59)60)26-22-36(42(35)44)34-20-24-38(43(37)41(33)34)46(56)50-28-13-17-32(18-14-28)54-52-30-9-5-2-6-10-30/h1-26H,(H,49,55)(H,50,56)(H,57,58)(H,59,60). The maximum atomic E-state index is 14.3. The van der Waals surface area contributed by atoms with Crippen LogP contribution in [0.1, 0.15) is 41.4 Å². The van der Waals surface area contributed by atoms with Gasteiger partial charge in [0.2, 0.25) is 0 Å². The van der Waals surface area contributed by atoms with Crippen LogP contribution in [0.3, 0.4) is 0 Å². The van der Waals surface area contributed by atoms with Crippen molar-refractivity contribution in [1.82, 2.24) is 0 Å². The largest absolute Gasteiger partial charge is 0.478 e. The van der Waals surface area contributed by atoms with Crippen LogP contribution in [-0.2, 0) is 0 Å². The SMILES string of the molecule is O=C(O)c1ccc2c3ccc(C(=O)Nc4ccc(N=Nc5ccccc5)cc4)c4c(C(=O)Nc5ccc(N=Nc6ccccc6)cc5)ccc(c5ccc(C(=O)O)c1c25)c43. The molecule has 12 nitrogen and oxygen atoms in total. The molecular weight excluding hydrogens is 757 g/mol. The summed E-state index contributed by atoms with van der Waals surface area (Å²) in [6.45, 7) is 0. The van der Waals surface area contributed by atoms with Crippen molar-refractivity contribution in [2.24, 2.45) is 20.5 Å². The monoisotopic (exact) mass is 786 g/mol. The Kier molecular flexibility index (Phi) is 9.47. The van der Waals surface area contributed by atoms with Crippen molar-refractivity contribution in [3.63, 3.8) is 0 Å². The molecule has 0 bridgehead atoms. The zero-order valence-corrected chi connectivity index (χ0v) is 31.3. The van der Waals surface area contributed by atoms with Crippen molar-refractivity contribution in [2.75, 3.05) is 10.6 Å². The molecule has 288 valence electrons. The lowest BCUT2D eigenvalue weighted by Gasteiger charge is -2.20. The number of amides is 2. The summed E-state index contributed by atoms with van der Waals surface area (Å²) in [7, 11) is 0. The highest BCUT2D eigenvalue weighted by Crippen LogP contribution is 2.44. The Morgan fingerprint density at radius 1 is 0.333 bits per heavy atom. The Morgan fingerprint density at radius 2 is 0.633 bits per heavy atom. The Morgan fingerprint density at radius 3 is 0.967 bits per heavy atom. The quantitative estimate of drug-likeness (QED) is 0.0607. The average molecular weight is 787 g/mol. The molecule has 9 aromatic carbocycles. The van der Waals surface area contributed by atoms with Gasteiger partial charge >= 0.3 is 11.9 Å². The van der Waals surface area contributed by atoms with E-state index >= 15 is 0 Å². The van der Waals surface area contributed by atoms with Crippen LogP contribution in [-0.4, -0.2) is 34.0 Å². The van der Waals surface area contributed by atoms with Crippen molar-refractivity contribution < 1.29 is 29.4 Å². The molecule has 0 spiro atoms. The highest BCUT2D eigenvalue weighted by atomic mass is 16.4. The molecule has 4 N–H and O–H groups in total. The third-order valence-corrected chi connectivity index (χ3v) is 10.2. The lowest BCUT2D eigenvalue weighted by atomic mass is 9.84. The number of nitrogens with one attached hydrogen (secondary N) is 2. The second-order valence-electron chi connectivity index (χ2n) is 13.8. The number of rotatable bonds is 10. The Bertz CT molecular complexity index is 3010. The first kappa shape index (κ1) is 37.0. The van der Waals surface area contributed by atoms with Gasteiger partial charge in [-0.15, -0.1) is 0 Å². The van der Waals surface area contributed by atoms with Crippen molar-refractivity contribution in [3.8, 4) is 0 Å². The molecule has 0 aromatic heterocycles. The van der Waals surface area contributed by atoms with Gasteiger partial charge in [-0.05, 0) is 129 Å². The number of hydrogen-bond donors (Lipinski definition) is 4. The normalized spacial score (nSPS) is 11.6. The predicted octanol–water partition coefficient (Wildman–Crippen LogP) is 12.5. The lowest BCUT2D eigenvalue weighted by molar-refractivity contribution is 0.0695. The van der Waals surface area contributed by atoms with Gasteiger partial charge in [0.05, 0.1) is 33.9 Å². The van der Waals surface area contributed by atoms with Gasteiger partial charge in [-0.1, -0.05) is 60.7 Å². The molecule has 0 aliphatic heterocycles. The number of aromatic carboxylic acids is 2. The number of carbonyl (C=O) groups is 4. The predicted molar refractivity (Wildman–Crippen MR) is 232 cm³/mol. The Hall–Kier alpha value is -8.64. The van der Waals surface area contributed by atoms with Crippen LogP contribution < -0.4 is 10.6 Å². The van der Waals surface area contributed by atoms with E-state index in [1.165, 1.54) is 12.1 Å². The molecule has 60 heavy (non-hydrogen) atoms. The van der Waals surface area contributed by atoms with E-state index in [9.17, 15) is 29.4 Å². The molecule has 0 fully saturated rings. The number of fused-ring (bicyclic) bond motifs is 2. The highest BCUT2D eigenvalue weighted by Gasteiger charge is 2.26. The van der Waals surface area contributed by atoms with Crippen LogP contribution in [0.4, 0.5) is 34.1 Å². The van der Waals surface area contributed by atoms with Crippen molar-refractivity contribution in [1.29, 1.82) is 0 Å². The van der Waals surface area contributed by atoms with E-state index in [2.05, 4.69) is 31.1 Å². The van der Waals surface area contributed by atoms with Crippen LogP contribution in [0.5, 0.6) is 0 Å². The van der Waals surface area contributed by atoms with Gasteiger partial charge in [0, 0.05) is 33.3 Å². The molecule has 9 aromatic rings. The molecule has 0 aliphatic rings. The van der Waals surface area contributed by atoms with E-state index in [0.29, 0.717) is 71.8 Å². The van der Waals surface area contributed by atoms with Gasteiger partial charge in [0.1, 0.15) is 0 Å². The molecule has 0 aliphatic carbocycles. The third kappa shape index (κ3) is 6.90. The van der Waals surface area contributed by atoms with E-state index < -0.39 is 23.8 Å². The Labute approximate surface area is 340 Å². The third-order valence-electron chi connectivity index (χ3n) is 10.2. The molecule has 2 amide bonds. The summed E-state index contributed by atoms with van der Waals surface area (Å²) in [5, 5.41) is 47.0. The van der Waals surface area contributed by atoms with Gasteiger partial charge in [0.25, 0.3) is 11.8 Å². The molecule has 0 saturated heterocycles. The van der Waals surface area contributed by atoms with Crippen molar-refractivity contribution >= 4 is 101 Å². The Balaban J connectivity index is 1.15. The van der Waals surface area contributed by atoms with E-state index in [-0.39, 0.29) is 27.6 Å². The molecule has 0 radical (unpaired) electrons. The van der Waals surface area contributed by atoms with E-state index in [1.807, 2.05) is 60.7 Å². The first-order valence-electron chi connectivity index (χ1n) is 18.7. The fourth-order valence-electron chi connectivity index (χ4n) is 7.46. The van der Waals surface area contributed by atoms with Gasteiger partial charge < -0.3 is 20.8 Å². The molecule has 0 heterocycles. The smallest absolute Gasteiger partial charge is 0.336 e. The summed E-state index contributed by atoms with van der Waals surface area (Å²) in [6, 6.07) is 45.1. The first-order chi connectivity index (χ1) is 29.2. The van der Waals surface area contributed by atoms with Crippen molar-refractivity contribution in [3.05, 3.63) is 180 Å². The number of anilines is 2. The number of hydrogen-bond acceptors (Lipinski definition) is 8. The van der Waals surface area contributed by atoms with E-state index in [1.54, 1.807) is 84.9 Å². The summed E-state index contributed by atoms with van der Waals surface area (Å²) in [6.07, 6.45) is 0. The maximum absolute atomic E-state index is 14.3. The first-order valence-corrected chi connectivity index (χ1v) is 18.7. The maximum Gasteiger partial charge on any atom is 0.336 e. The lowest BCUT2D eigenvalue weighted by Crippen LogP contribution is -2.17. The minimum absolute atomic E-state index is 0.0888. The number of carboxylic acids is 2. The van der Waals surface area contributed by atoms with E-state index in [4.69, 9.17) is 0 Å². The van der Waals surface area contributed by atoms with Crippen LogP contribution in [0.25, 0.3) is 43.1 Å². The summed E-state index contributed by atoms with van der Waals surface area (Å²) >= 11 is 0. The molecule has 0 atom stereocenters. The van der Waals surface area contributed by atoms with Crippen LogP contribution in [0.15, 0.2) is 178 Å². The molecule has 0 saturated carbocycles. The zero-order valence-electron chi connectivity index (χ0n) is 31.3. The number of carbonyl (C=O) groups excluding carboxylic acids is 2. The zero-order chi connectivity index (χ0) is 41.3. The van der Waals surface area contributed by atoms with Gasteiger partial charge in [0.15, 0.2) is 0 Å². The summed E-state index contributed by atoms with van der Waals surface area (Å²) in [5.74, 6) is -3.51. The fraction of sp³-hybridized carbons (Fsp3) is 0. The fourth-order valence-corrected chi connectivity index (χ4v) is 7.46. The minimum atomic E-state index is -1.27. The number of azo groups is 2.